The van der Waals surface area contributed by atoms with E-state index < -0.39 is 11.6 Å². The Hall–Kier alpha value is -1.00. The Morgan fingerprint density at radius 2 is 1.75 bits per heavy atom. The van der Waals surface area contributed by atoms with Crippen molar-refractivity contribution >= 4 is 0 Å². The summed E-state index contributed by atoms with van der Waals surface area (Å²) in [6, 6.07) is 4.00. The van der Waals surface area contributed by atoms with Gasteiger partial charge in [-0.25, -0.2) is 8.78 Å². The largest absolute Gasteiger partial charge is 0.330 e. The number of hydrogen-bond donors (Lipinski definition) is 2. The fourth-order valence-electron chi connectivity index (χ4n) is 1.74. The maximum absolute atomic E-state index is 13.0. The lowest BCUT2D eigenvalue weighted by Crippen LogP contribution is -2.24. The Morgan fingerprint density at radius 3 is 2.25 bits per heavy atom. The first-order valence-electron chi connectivity index (χ1n) is 5.43. The Kier molecular flexibility index (Phi) is 4.83. The molecule has 0 radical (unpaired) electrons. The van der Waals surface area contributed by atoms with Gasteiger partial charge in [0.15, 0.2) is 11.6 Å². The molecule has 90 valence electrons. The summed E-state index contributed by atoms with van der Waals surface area (Å²) in [4.78, 5) is 0. The second-order valence-corrected chi connectivity index (χ2v) is 4.15. The summed E-state index contributed by atoms with van der Waals surface area (Å²) >= 11 is 0. The highest BCUT2D eigenvalue weighted by molar-refractivity contribution is 5.21. The molecule has 1 atom stereocenters. The topological polar surface area (TPSA) is 52.0 Å². The zero-order chi connectivity index (χ0) is 12.1. The van der Waals surface area contributed by atoms with E-state index in [4.69, 9.17) is 11.5 Å². The zero-order valence-electron chi connectivity index (χ0n) is 9.42. The summed E-state index contributed by atoms with van der Waals surface area (Å²) in [7, 11) is 0. The van der Waals surface area contributed by atoms with Crippen molar-refractivity contribution in [2.24, 2.45) is 17.4 Å². The first kappa shape index (κ1) is 13.1. The lowest BCUT2D eigenvalue weighted by molar-refractivity contribution is 0.460. The van der Waals surface area contributed by atoms with E-state index in [0.717, 1.165) is 18.1 Å². The minimum atomic E-state index is -0.815. The van der Waals surface area contributed by atoms with E-state index in [-0.39, 0.29) is 11.8 Å². The highest BCUT2D eigenvalue weighted by Gasteiger charge is 2.13. The molecular weight excluding hydrogens is 210 g/mol. The molecule has 1 rings (SSSR count). The molecule has 0 saturated heterocycles. The van der Waals surface area contributed by atoms with Crippen LogP contribution >= 0.6 is 0 Å². The molecule has 4 N–H and O–H groups in total. The van der Waals surface area contributed by atoms with Gasteiger partial charge in [-0.3, -0.25) is 0 Å². The molecule has 0 aliphatic carbocycles. The third kappa shape index (κ3) is 3.25. The Labute approximate surface area is 94.6 Å². The number of nitrogens with two attached hydrogens (primary N) is 2. The Balaban J connectivity index is 2.72. The molecule has 0 saturated carbocycles. The van der Waals surface area contributed by atoms with E-state index in [1.54, 1.807) is 6.07 Å². The van der Waals surface area contributed by atoms with Crippen LogP contribution in [0.4, 0.5) is 8.78 Å². The van der Waals surface area contributed by atoms with Gasteiger partial charge < -0.3 is 11.5 Å². The van der Waals surface area contributed by atoms with Crippen LogP contribution in [0.1, 0.15) is 24.8 Å². The standard InChI is InChI=1S/C12H18F2N2/c1-8(4-9(6-15)7-16)10-2-3-11(13)12(14)5-10/h2-3,5,8-9H,4,6-7,15-16H2,1H3. The predicted octanol–water partition coefficient (Wildman–Crippen LogP) is 1.99. The highest BCUT2D eigenvalue weighted by Crippen LogP contribution is 2.24. The zero-order valence-corrected chi connectivity index (χ0v) is 9.42. The molecule has 16 heavy (non-hydrogen) atoms. The predicted molar refractivity (Wildman–Crippen MR) is 61.0 cm³/mol. The molecule has 0 heterocycles. The monoisotopic (exact) mass is 228 g/mol. The van der Waals surface area contributed by atoms with Crippen LogP contribution in [0.25, 0.3) is 0 Å². The minimum absolute atomic E-state index is 0.132. The van der Waals surface area contributed by atoms with Crippen LogP contribution in [0, 0.1) is 17.6 Å². The average Bonchev–Trinajstić information content (AvgIpc) is 2.29. The Bertz CT molecular complexity index is 338. The van der Waals surface area contributed by atoms with Crippen molar-refractivity contribution in [1.82, 2.24) is 0 Å². The van der Waals surface area contributed by atoms with Crippen molar-refractivity contribution in [2.75, 3.05) is 13.1 Å². The number of halogens is 2. The molecule has 0 spiro atoms. The molecule has 0 aliphatic rings. The third-order valence-electron chi connectivity index (χ3n) is 2.87. The van der Waals surface area contributed by atoms with Crippen LogP contribution < -0.4 is 11.5 Å². The molecule has 0 amide bonds. The summed E-state index contributed by atoms with van der Waals surface area (Å²) in [6.45, 7) is 3.00. The molecule has 0 aromatic heterocycles. The maximum Gasteiger partial charge on any atom is 0.159 e. The molecule has 0 bridgehead atoms. The molecule has 1 unspecified atom stereocenters. The van der Waals surface area contributed by atoms with Gasteiger partial charge in [-0.1, -0.05) is 13.0 Å². The molecule has 1 aromatic carbocycles. The maximum atomic E-state index is 13.0. The lowest BCUT2D eigenvalue weighted by atomic mass is 9.90. The quantitative estimate of drug-likeness (QED) is 0.809. The van der Waals surface area contributed by atoms with Crippen molar-refractivity contribution in [2.45, 2.75) is 19.3 Å². The Morgan fingerprint density at radius 1 is 1.12 bits per heavy atom. The molecule has 0 fully saturated rings. The van der Waals surface area contributed by atoms with Crippen molar-refractivity contribution in [3.8, 4) is 0 Å². The first-order chi connectivity index (χ1) is 7.58. The fourth-order valence-corrected chi connectivity index (χ4v) is 1.74. The summed E-state index contributed by atoms with van der Waals surface area (Å²) in [5.74, 6) is -1.26. The van der Waals surface area contributed by atoms with Crippen LogP contribution in [-0.2, 0) is 0 Å². The van der Waals surface area contributed by atoms with Crippen LogP contribution in [-0.4, -0.2) is 13.1 Å². The summed E-state index contributed by atoms with van der Waals surface area (Å²) in [5, 5.41) is 0. The molecule has 2 nitrogen and oxygen atoms in total. The van der Waals surface area contributed by atoms with Crippen molar-refractivity contribution in [3.05, 3.63) is 35.4 Å². The minimum Gasteiger partial charge on any atom is -0.330 e. The van der Waals surface area contributed by atoms with Gasteiger partial charge in [-0.2, -0.15) is 0 Å². The van der Waals surface area contributed by atoms with Crippen molar-refractivity contribution in [1.29, 1.82) is 0 Å². The second-order valence-electron chi connectivity index (χ2n) is 4.15. The van der Waals surface area contributed by atoms with Gasteiger partial charge in [0.25, 0.3) is 0 Å². The highest BCUT2D eigenvalue weighted by atomic mass is 19.2. The van der Waals surface area contributed by atoms with Crippen LogP contribution in [0.15, 0.2) is 18.2 Å². The smallest absolute Gasteiger partial charge is 0.159 e. The van der Waals surface area contributed by atoms with E-state index in [9.17, 15) is 8.78 Å². The van der Waals surface area contributed by atoms with E-state index in [1.807, 2.05) is 6.92 Å². The SMILES string of the molecule is CC(CC(CN)CN)c1ccc(F)c(F)c1. The van der Waals surface area contributed by atoms with Gasteiger partial charge in [0.1, 0.15) is 0 Å². The fraction of sp³-hybridized carbons (Fsp3) is 0.500. The first-order valence-corrected chi connectivity index (χ1v) is 5.43. The van der Waals surface area contributed by atoms with Crippen molar-refractivity contribution < 1.29 is 8.78 Å². The molecular formula is C12H18F2N2. The van der Waals surface area contributed by atoms with Gasteiger partial charge in [0.2, 0.25) is 0 Å². The normalized spacial score (nSPS) is 13.1. The van der Waals surface area contributed by atoms with Gasteiger partial charge in [0, 0.05) is 0 Å². The van der Waals surface area contributed by atoms with Gasteiger partial charge in [-0.05, 0) is 49.0 Å². The second kappa shape index (κ2) is 5.92. The van der Waals surface area contributed by atoms with Gasteiger partial charge in [-0.15, -0.1) is 0 Å². The average molecular weight is 228 g/mol. The van der Waals surface area contributed by atoms with Crippen LogP contribution in [0.3, 0.4) is 0 Å². The van der Waals surface area contributed by atoms with E-state index >= 15 is 0 Å². The lowest BCUT2D eigenvalue weighted by Gasteiger charge is -2.18. The van der Waals surface area contributed by atoms with Crippen LogP contribution in [0.2, 0.25) is 0 Å². The van der Waals surface area contributed by atoms with Crippen LogP contribution in [0.5, 0.6) is 0 Å². The van der Waals surface area contributed by atoms with E-state index in [1.165, 1.54) is 6.07 Å². The van der Waals surface area contributed by atoms with E-state index in [2.05, 4.69) is 0 Å². The van der Waals surface area contributed by atoms with Gasteiger partial charge in [0.05, 0.1) is 0 Å². The number of benzene rings is 1. The summed E-state index contributed by atoms with van der Waals surface area (Å²) < 4.78 is 25.8. The molecule has 4 heteroatoms. The molecule has 0 aliphatic heterocycles. The van der Waals surface area contributed by atoms with E-state index in [0.29, 0.717) is 13.1 Å². The van der Waals surface area contributed by atoms with Gasteiger partial charge >= 0.3 is 0 Å². The number of hydrogen-bond acceptors (Lipinski definition) is 2. The molecule has 1 aromatic rings. The third-order valence-corrected chi connectivity index (χ3v) is 2.87. The number of rotatable bonds is 5. The van der Waals surface area contributed by atoms with Crippen molar-refractivity contribution in [3.63, 3.8) is 0 Å². The summed E-state index contributed by atoms with van der Waals surface area (Å²) in [5.41, 5.74) is 11.9. The summed E-state index contributed by atoms with van der Waals surface area (Å²) in [6.07, 6.45) is 0.790.